The first kappa shape index (κ1) is 8.91. The first-order chi connectivity index (χ1) is 7.33. The number of nitrogens with two attached hydrogens (primary N) is 1. The molecule has 1 fully saturated rings. The van der Waals surface area contributed by atoms with Gasteiger partial charge >= 0.3 is 0 Å². The van der Waals surface area contributed by atoms with E-state index in [1.807, 2.05) is 0 Å². The number of anilines is 2. The number of hydrogen-bond donors (Lipinski definition) is 3. The third-order valence-electron chi connectivity index (χ3n) is 2.87. The van der Waals surface area contributed by atoms with E-state index < -0.39 is 0 Å². The van der Waals surface area contributed by atoms with Gasteiger partial charge < -0.3 is 16.4 Å². The van der Waals surface area contributed by atoms with Crippen LogP contribution in [0.2, 0.25) is 0 Å². The first-order valence-corrected chi connectivity index (χ1v) is 5.45. The van der Waals surface area contributed by atoms with Crippen LogP contribution in [0.5, 0.6) is 0 Å². The van der Waals surface area contributed by atoms with E-state index in [0.717, 1.165) is 31.0 Å². The van der Waals surface area contributed by atoms with Crippen LogP contribution >= 0.6 is 0 Å². The van der Waals surface area contributed by atoms with Crippen LogP contribution < -0.4 is 16.4 Å². The SMILES string of the molecule is Nc1nc2c(c(NC3CC3)n1)CCNC2. The fourth-order valence-electron chi connectivity index (χ4n) is 1.92. The summed E-state index contributed by atoms with van der Waals surface area (Å²) in [5.74, 6) is 1.34. The molecule has 0 aromatic carbocycles. The van der Waals surface area contributed by atoms with E-state index in [2.05, 4.69) is 20.6 Å². The lowest BCUT2D eigenvalue weighted by Crippen LogP contribution is -2.27. The molecule has 5 nitrogen and oxygen atoms in total. The molecule has 1 aliphatic carbocycles. The van der Waals surface area contributed by atoms with E-state index in [1.165, 1.54) is 18.4 Å². The fourth-order valence-corrected chi connectivity index (χ4v) is 1.92. The minimum Gasteiger partial charge on any atom is -0.368 e. The molecule has 80 valence electrons. The van der Waals surface area contributed by atoms with Crippen molar-refractivity contribution in [2.75, 3.05) is 17.6 Å². The zero-order chi connectivity index (χ0) is 10.3. The van der Waals surface area contributed by atoms with Gasteiger partial charge in [-0.2, -0.15) is 4.98 Å². The van der Waals surface area contributed by atoms with Crippen LogP contribution in [0.3, 0.4) is 0 Å². The van der Waals surface area contributed by atoms with Gasteiger partial charge in [-0.3, -0.25) is 0 Å². The molecular formula is C10H15N5. The lowest BCUT2D eigenvalue weighted by Gasteiger charge is -2.19. The summed E-state index contributed by atoms with van der Waals surface area (Å²) in [6.45, 7) is 1.81. The van der Waals surface area contributed by atoms with E-state index in [9.17, 15) is 0 Å². The van der Waals surface area contributed by atoms with Crippen molar-refractivity contribution in [3.05, 3.63) is 11.3 Å². The number of hydrogen-bond acceptors (Lipinski definition) is 5. The number of nitrogens with one attached hydrogen (secondary N) is 2. The smallest absolute Gasteiger partial charge is 0.222 e. The molecule has 4 N–H and O–H groups in total. The van der Waals surface area contributed by atoms with E-state index in [-0.39, 0.29) is 0 Å². The highest BCUT2D eigenvalue weighted by Gasteiger charge is 2.24. The zero-order valence-electron chi connectivity index (χ0n) is 8.58. The average molecular weight is 205 g/mol. The predicted octanol–water partition coefficient (Wildman–Crippen LogP) is 0.279. The maximum atomic E-state index is 5.69. The van der Waals surface area contributed by atoms with Gasteiger partial charge in [-0.1, -0.05) is 0 Å². The Kier molecular flexibility index (Phi) is 1.98. The summed E-state index contributed by atoms with van der Waals surface area (Å²) in [4.78, 5) is 8.56. The van der Waals surface area contributed by atoms with Crippen molar-refractivity contribution in [3.63, 3.8) is 0 Å². The topological polar surface area (TPSA) is 75.9 Å². The Labute approximate surface area is 88.5 Å². The Bertz CT molecular complexity index is 386. The van der Waals surface area contributed by atoms with Gasteiger partial charge in [0.15, 0.2) is 0 Å². The highest BCUT2D eigenvalue weighted by molar-refractivity contribution is 5.51. The Balaban J connectivity index is 1.98. The van der Waals surface area contributed by atoms with Gasteiger partial charge in [0, 0.05) is 18.2 Å². The van der Waals surface area contributed by atoms with E-state index in [4.69, 9.17) is 5.73 Å². The molecule has 0 atom stereocenters. The summed E-state index contributed by atoms with van der Waals surface area (Å²) in [5, 5.41) is 6.72. The largest absolute Gasteiger partial charge is 0.368 e. The number of nitrogen functional groups attached to an aromatic ring is 1. The first-order valence-electron chi connectivity index (χ1n) is 5.45. The molecule has 2 aliphatic rings. The molecule has 1 saturated carbocycles. The highest BCUT2D eigenvalue weighted by atomic mass is 15.1. The molecule has 1 aliphatic heterocycles. The summed E-state index contributed by atoms with van der Waals surface area (Å²) in [6, 6.07) is 0.610. The zero-order valence-corrected chi connectivity index (χ0v) is 8.58. The van der Waals surface area contributed by atoms with Crippen LogP contribution in [-0.4, -0.2) is 22.6 Å². The monoisotopic (exact) mass is 205 g/mol. The molecular weight excluding hydrogens is 190 g/mol. The number of fused-ring (bicyclic) bond motifs is 1. The molecule has 0 saturated heterocycles. The van der Waals surface area contributed by atoms with Crippen LogP contribution in [0.4, 0.5) is 11.8 Å². The predicted molar refractivity (Wildman–Crippen MR) is 58.5 cm³/mol. The normalized spacial score (nSPS) is 19.7. The van der Waals surface area contributed by atoms with Crippen molar-refractivity contribution in [2.45, 2.75) is 31.8 Å². The second-order valence-electron chi connectivity index (χ2n) is 4.20. The molecule has 1 aromatic rings. The van der Waals surface area contributed by atoms with Crippen LogP contribution in [0.1, 0.15) is 24.1 Å². The Morgan fingerprint density at radius 3 is 3.00 bits per heavy atom. The molecule has 15 heavy (non-hydrogen) atoms. The summed E-state index contributed by atoms with van der Waals surface area (Å²) in [5.41, 5.74) is 7.99. The van der Waals surface area contributed by atoms with Gasteiger partial charge in [-0.25, -0.2) is 4.98 Å². The van der Waals surface area contributed by atoms with Crippen molar-refractivity contribution in [1.29, 1.82) is 0 Å². The molecule has 0 amide bonds. The summed E-state index contributed by atoms with van der Waals surface area (Å²) in [7, 11) is 0. The molecule has 2 heterocycles. The van der Waals surface area contributed by atoms with Gasteiger partial charge in [0.2, 0.25) is 5.95 Å². The molecule has 3 rings (SSSR count). The summed E-state index contributed by atoms with van der Waals surface area (Å²) >= 11 is 0. The molecule has 5 heteroatoms. The standard InChI is InChI=1S/C10H15N5/c11-10-14-8-5-12-4-3-7(8)9(15-10)13-6-1-2-6/h6,12H,1-5H2,(H3,11,13,14,15). The number of nitrogens with zero attached hydrogens (tertiary/aromatic N) is 2. The fraction of sp³-hybridized carbons (Fsp3) is 0.600. The van der Waals surface area contributed by atoms with Crippen molar-refractivity contribution in [2.24, 2.45) is 0 Å². The summed E-state index contributed by atoms with van der Waals surface area (Å²) in [6.07, 6.45) is 3.48. The van der Waals surface area contributed by atoms with Gasteiger partial charge in [0.25, 0.3) is 0 Å². The van der Waals surface area contributed by atoms with Gasteiger partial charge in [-0.05, 0) is 25.8 Å². The second-order valence-corrected chi connectivity index (χ2v) is 4.20. The Morgan fingerprint density at radius 2 is 2.20 bits per heavy atom. The molecule has 0 spiro atoms. The van der Waals surface area contributed by atoms with Crippen LogP contribution in [-0.2, 0) is 13.0 Å². The van der Waals surface area contributed by atoms with Crippen LogP contribution in [0.25, 0.3) is 0 Å². The van der Waals surface area contributed by atoms with Crippen molar-refractivity contribution < 1.29 is 0 Å². The second kappa shape index (κ2) is 3.34. The minimum atomic E-state index is 0.376. The van der Waals surface area contributed by atoms with E-state index in [1.54, 1.807) is 0 Å². The maximum Gasteiger partial charge on any atom is 0.222 e. The lowest BCUT2D eigenvalue weighted by molar-refractivity contribution is 0.625. The highest BCUT2D eigenvalue weighted by Crippen LogP contribution is 2.28. The van der Waals surface area contributed by atoms with Crippen LogP contribution in [0, 0.1) is 0 Å². The third-order valence-corrected chi connectivity index (χ3v) is 2.87. The minimum absolute atomic E-state index is 0.376. The van der Waals surface area contributed by atoms with Gasteiger partial charge in [-0.15, -0.1) is 0 Å². The van der Waals surface area contributed by atoms with Crippen molar-refractivity contribution in [1.82, 2.24) is 15.3 Å². The van der Waals surface area contributed by atoms with E-state index in [0.29, 0.717) is 12.0 Å². The number of aromatic nitrogens is 2. The Morgan fingerprint density at radius 1 is 1.33 bits per heavy atom. The molecule has 0 radical (unpaired) electrons. The average Bonchev–Trinajstić information content (AvgIpc) is 3.01. The van der Waals surface area contributed by atoms with Crippen molar-refractivity contribution in [3.8, 4) is 0 Å². The lowest BCUT2D eigenvalue weighted by atomic mass is 10.1. The van der Waals surface area contributed by atoms with Crippen molar-refractivity contribution >= 4 is 11.8 Å². The maximum absolute atomic E-state index is 5.69. The molecule has 1 aromatic heterocycles. The quantitative estimate of drug-likeness (QED) is 0.646. The molecule has 0 unspecified atom stereocenters. The van der Waals surface area contributed by atoms with Gasteiger partial charge in [0.05, 0.1) is 5.69 Å². The third kappa shape index (κ3) is 1.74. The summed E-state index contributed by atoms with van der Waals surface area (Å²) < 4.78 is 0. The Hall–Kier alpha value is -1.36. The van der Waals surface area contributed by atoms with Crippen LogP contribution in [0.15, 0.2) is 0 Å². The van der Waals surface area contributed by atoms with E-state index >= 15 is 0 Å². The molecule has 0 bridgehead atoms. The van der Waals surface area contributed by atoms with Gasteiger partial charge in [0.1, 0.15) is 5.82 Å². The number of rotatable bonds is 2.